The quantitative estimate of drug-likeness (QED) is 0.753. The number of alkyl halides is 3. The van der Waals surface area contributed by atoms with Gasteiger partial charge in [0.25, 0.3) is 11.5 Å². The van der Waals surface area contributed by atoms with Crippen LogP contribution in [0.2, 0.25) is 0 Å². The predicted octanol–water partition coefficient (Wildman–Crippen LogP) is 3.16. The topological polar surface area (TPSA) is 95.3 Å². The van der Waals surface area contributed by atoms with Gasteiger partial charge >= 0.3 is 6.18 Å². The van der Waals surface area contributed by atoms with Gasteiger partial charge in [-0.15, -0.1) is 0 Å². The first-order valence-corrected chi connectivity index (χ1v) is 8.43. The molecule has 1 fully saturated rings. The SMILES string of the molecule is CC(=O)O.O=c1cc([C@@H]2CCN[C@@H](Cc3ccccc3C(F)(F)F)C2)o[nH]1. The zero-order chi connectivity index (χ0) is 20.0. The molecule has 0 radical (unpaired) electrons. The molecule has 1 aliphatic heterocycles. The van der Waals surface area contributed by atoms with Gasteiger partial charge in [0.1, 0.15) is 5.76 Å². The van der Waals surface area contributed by atoms with E-state index in [9.17, 15) is 18.0 Å². The second-order valence-electron chi connectivity index (χ2n) is 6.37. The first-order chi connectivity index (χ1) is 12.7. The van der Waals surface area contributed by atoms with Gasteiger partial charge in [-0.2, -0.15) is 18.3 Å². The number of aromatic nitrogens is 1. The maximum absolute atomic E-state index is 13.1. The molecule has 0 spiro atoms. The number of carboxylic acid groups (broad SMARTS) is 1. The van der Waals surface area contributed by atoms with E-state index in [-0.39, 0.29) is 23.1 Å². The maximum atomic E-state index is 13.1. The molecule has 0 amide bonds. The second kappa shape index (κ2) is 8.90. The Hall–Kier alpha value is -2.55. The lowest BCUT2D eigenvalue weighted by atomic mass is 9.87. The molecule has 1 saturated heterocycles. The number of hydrogen-bond acceptors (Lipinski definition) is 4. The molecule has 0 bridgehead atoms. The summed E-state index contributed by atoms with van der Waals surface area (Å²) in [6.07, 6.45) is -2.63. The normalized spacial score (nSPS) is 19.9. The van der Waals surface area contributed by atoms with Gasteiger partial charge in [-0.25, -0.2) is 0 Å². The van der Waals surface area contributed by atoms with Gasteiger partial charge in [-0.1, -0.05) is 18.2 Å². The van der Waals surface area contributed by atoms with Crippen molar-refractivity contribution in [2.45, 2.75) is 44.3 Å². The molecular formula is C18H21F3N2O4. The van der Waals surface area contributed by atoms with E-state index in [1.165, 1.54) is 18.2 Å². The van der Waals surface area contributed by atoms with Crippen LogP contribution < -0.4 is 10.9 Å². The minimum absolute atomic E-state index is 0.0400. The van der Waals surface area contributed by atoms with Crippen molar-refractivity contribution in [2.24, 2.45) is 0 Å². The smallest absolute Gasteiger partial charge is 0.416 e. The number of H-pyrrole nitrogens is 1. The van der Waals surface area contributed by atoms with Gasteiger partial charge < -0.3 is 14.9 Å². The van der Waals surface area contributed by atoms with Crippen molar-refractivity contribution in [2.75, 3.05) is 6.54 Å². The van der Waals surface area contributed by atoms with Crippen LogP contribution >= 0.6 is 0 Å². The lowest BCUT2D eigenvalue weighted by Crippen LogP contribution is -2.39. The van der Waals surface area contributed by atoms with E-state index in [0.29, 0.717) is 25.1 Å². The summed E-state index contributed by atoms with van der Waals surface area (Å²) in [6, 6.07) is 6.98. The van der Waals surface area contributed by atoms with Crippen LogP contribution in [0.4, 0.5) is 13.2 Å². The Labute approximate surface area is 153 Å². The molecule has 2 heterocycles. The van der Waals surface area contributed by atoms with Crippen molar-refractivity contribution in [1.29, 1.82) is 0 Å². The molecule has 1 aromatic heterocycles. The van der Waals surface area contributed by atoms with E-state index in [2.05, 4.69) is 10.5 Å². The molecule has 9 heteroatoms. The molecule has 27 heavy (non-hydrogen) atoms. The molecule has 6 nitrogen and oxygen atoms in total. The number of aromatic amines is 1. The van der Waals surface area contributed by atoms with Crippen molar-refractivity contribution in [3.8, 4) is 0 Å². The van der Waals surface area contributed by atoms with Gasteiger partial charge in [0.2, 0.25) is 0 Å². The van der Waals surface area contributed by atoms with Crippen LogP contribution in [0.1, 0.15) is 42.6 Å². The van der Waals surface area contributed by atoms with Crippen LogP contribution in [-0.4, -0.2) is 28.8 Å². The number of halogens is 3. The third kappa shape index (κ3) is 6.28. The van der Waals surface area contributed by atoms with Gasteiger partial charge in [-0.05, 0) is 37.4 Å². The predicted molar refractivity (Wildman–Crippen MR) is 91.6 cm³/mol. The summed E-state index contributed by atoms with van der Waals surface area (Å²) in [4.78, 5) is 20.2. The zero-order valence-corrected chi connectivity index (χ0v) is 14.7. The average Bonchev–Trinajstić information content (AvgIpc) is 3.01. The number of rotatable bonds is 3. The van der Waals surface area contributed by atoms with Crippen molar-refractivity contribution in [1.82, 2.24) is 10.5 Å². The average molecular weight is 386 g/mol. The Balaban J connectivity index is 0.000000596. The van der Waals surface area contributed by atoms with E-state index in [1.54, 1.807) is 6.07 Å². The fraction of sp³-hybridized carbons (Fsp3) is 0.444. The summed E-state index contributed by atoms with van der Waals surface area (Å²) >= 11 is 0. The second-order valence-corrected chi connectivity index (χ2v) is 6.37. The van der Waals surface area contributed by atoms with E-state index < -0.39 is 17.7 Å². The van der Waals surface area contributed by atoms with Gasteiger partial charge in [0, 0.05) is 24.9 Å². The number of hydrogen-bond donors (Lipinski definition) is 3. The van der Waals surface area contributed by atoms with Crippen LogP contribution in [0.15, 0.2) is 39.6 Å². The minimum atomic E-state index is -4.35. The first-order valence-electron chi connectivity index (χ1n) is 8.43. The molecule has 3 N–H and O–H groups in total. The first kappa shape index (κ1) is 20.8. The molecule has 1 aliphatic rings. The summed E-state index contributed by atoms with van der Waals surface area (Å²) in [7, 11) is 0. The molecule has 3 rings (SSSR count). The highest BCUT2D eigenvalue weighted by atomic mass is 19.4. The standard InChI is InChI=1S/C16H17F3N2O2.C2H4O2/c17-16(18,19)13-4-2-1-3-10(13)7-12-8-11(5-6-20-12)14-9-15(22)21-23-14;1-2(3)4/h1-4,9,11-12,20H,5-8H2,(H,21,22);1H3,(H,3,4)/t11-,12+;/m1./s1. The fourth-order valence-corrected chi connectivity index (χ4v) is 3.16. The van der Waals surface area contributed by atoms with Crippen LogP contribution in [0, 0.1) is 0 Å². The van der Waals surface area contributed by atoms with Crippen LogP contribution in [0.25, 0.3) is 0 Å². The van der Waals surface area contributed by atoms with Crippen molar-refractivity contribution in [3.63, 3.8) is 0 Å². The zero-order valence-electron chi connectivity index (χ0n) is 14.7. The lowest BCUT2D eigenvalue weighted by Gasteiger charge is -2.29. The molecular weight excluding hydrogens is 365 g/mol. The Morgan fingerprint density at radius 1 is 1.33 bits per heavy atom. The highest BCUT2D eigenvalue weighted by Crippen LogP contribution is 2.34. The van der Waals surface area contributed by atoms with Crippen LogP contribution in [0.3, 0.4) is 0 Å². The molecule has 2 atom stereocenters. The minimum Gasteiger partial charge on any atom is -0.481 e. The molecule has 0 aliphatic carbocycles. The molecule has 148 valence electrons. The van der Waals surface area contributed by atoms with Crippen molar-refractivity contribution in [3.05, 3.63) is 57.6 Å². The van der Waals surface area contributed by atoms with E-state index in [0.717, 1.165) is 19.4 Å². The van der Waals surface area contributed by atoms with Gasteiger partial charge in [0.05, 0.1) is 5.56 Å². The molecule has 2 aromatic rings. The fourth-order valence-electron chi connectivity index (χ4n) is 3.16. The van der Waals surface area contributed by atoms with Crippen molar-refractivity contribution < 1.29 is 27.6 Å². The monoisotopic (exact) mass is 386 g/mol. The number of aliphatic carboxylic acids is 1. The van der Waals surface area contributed by atoms with Gasteiger partial charge in [-0.3, -0.25) is 9.59 Å². The number of benzene rings is 1. The van der Waals surface area contributed by atoms with Crippen molar-refractivity contribution >= 4 is 5.97 Å². The summed E-state index contributed by atoms with van der Waals surface area (Å²) in [6.45, 7) is 1.76. The van der Waals surface area contributed by atoms with Gasteiger partial charge in [0.15, 0.2) is 0 Å². The Morgan fingerprint density at radius 3 is 2.59 bits per heavy atom. The van der Waals surface area contributed by atoms with E-state index in [4.69, 9.17) is 14.4 Å². The highest BCUT2D eigenvalue weighted by molar-refractivity contribution is 5.62. The maximum Gasteiger partial charge on any atom is 0.416 e. The van der Waals surface area contributed by atoms with Crippen LogP contribution in [-0.2, 0) is 17.4 Å². The Morgan fingerprint density at radius 2 is 2.00 bits per heavy atom. The largest absolute Gasteiger partial charge is 0.481 e. The third-order valence-electron chi connectivity index (χ3n) is 4.23. The molecule has 1 aromatic carbocycles. The third-order valence-corrected chi connectivity index (χ3v) is 4.23. The summed E-state index contributed by atoms with van der Waals surface area (Å²) in [5.74, 6) is -0.219. The lowest BCUT2D eigenvalue weighted by molar-refractivity contribution is -0.138. The number of carbonyl (C=O) groups is 1. The summed E-state index contributed by atoms with van der Waals surface area (Å²) in [5, 5.41) is 12.9. The Bertz CT molecular complexity index is 809. The Kier molecular flexibility index (Phi) is 6.84. The number of piperidine rings is 1. The number of nitrogens with one attached hydrogen (secondary N) is 2. The van der Waals surface area contributed by atoms with E-state index in [1.807, 2.05) is 0 Å². The molecule has 0 unspecified atom stereocenters. The highest BCUT2D eigenvalue weighted by Gasteiger charge is 2.34. The number of carboxylic acids is 1. The van der Waals surface area contributed by atoms with E-state index >= 15 is 0 Å². The summed E-state index contributed by atoms with van der Waals surface area (Å²) in [5.41, 5.74) is -0.594. The van der Waals surface area contributed by atoms with Crippen LogP contribution in [0.5, 0.6) is 0 Å². The summed E-state index contributed by atoms with van der Waals surface area (Å²) < 4.78 is 44.4. The molecule has 0 saturated carbocycles.